The number of hydrogen-bond donors (Lipinski definition) is 1. The van der Waals surface area contributed by atoms with Gasteiger partial charge in [-0.1, -0.05) is 18.2 Å². The van der Waals surface area contributed by atoms with Crippen molar-refractivity contribution < 1.29 is 4.42 Å². The molecule has 34 heavy (non-hydrogen) atoms. The number of nitrogens with zero attached hydrogens (tertiary/aromatic N) is 6. The lowest BCUT2D eigenvalue weighted by molar-refractivity contribution is 0.0979. The molecular formula is C26H33N7O. The SMILES string of the molecule is CC(C)N1CCN(Cc2nnc(-c3cc(C4=CC=CC5NCCC45)cc4c3cnn4C)o2)CC1. The van der Waals surface area contributed by atoms with E-state index in [2.05, 4.69) is 74.6 Å². The highest BCUT2D eigenvalue weighted by Gasteiger charge is 2.31. The maximum Gasteiger partial charge on any atom is 0.248 e. The van der Waals surface area contributed by atoms with Crippen molar-refractivity contribution in [3.8, 4) is 11.5 Å². The average Bonchev–Trinajstić information content (AvgIpc) is 3.59. The number of allylic oxidation sites excluding steroid dienone is 2. The smallest absolute Gasteiger partial charge is 0.248 e. The van der Waals surface area contributed by atoms with Gasteiger partial charge in [-0.05, 0) is 50.1 Å². The van der Waals surface area contributed by atoms with Gasteiger partial charge in [0, 0.05) is 56.6 Å². The van der Waals surface area contributed by atoms with Crippen LogP contribution in [0.3, 0.4) is 0 Å². The highest BCUT2D eigenvalue weighted by atomic mass is 16.4. The average molecular weight is 460 g/mol. The molecule has 6 rings (SSSR count). The molecule has 0 saturated carbocycles. The van der Waals surface area contributed by atoms with Gasteiger partial charge in [-0.3, -0.25) is 14.5 Å². The highest BCUT2D eigenvalue weighted by molar-refractivity contribution is 5.95. The lowest BCUT2D eigenvalue weighted by atomic mass is 9.83. The Bertz CT molecular complexity index is 1250. The van der Waals surface area contributed by atoms with E-state index < -0.39 is 0 Å². The summed E-state index contributed by atoms with van der Waals surface area (Å²) in [6.07, 6.45) is 9.75. The Morgan fingerprint density at radius 1 is 1.15 bits per heavy atom. The molecule has 2 unspecified atom stereocenters. The third kappa shape index (κ3) is 3.89. The Labute approximate surface area is 200 Å². The van der Waals surface area contributed by atoms with Crippen LogP contribution >= 0.6 is 0 Å². The Morgan fingerprint density at radius 2 is 2.00 bits per heavy atom. The summed E-state index contributed by atoms with van der Waals surface area (Å²) in [5.74, 6) is 1.74. The fourth-order valence-electron chi connectivity index (χ4n) is 5.64. The van der Waals surface area contributed by atoms with Gasteiger partial charge in [0.1, 0.15) is 0 Å². The summed E-state index contributed by atoms with van der Waals surface area (Å²) in [5, 5.41) is 18.1. The number of rotatable bonds is 5. The van der Waals surface area contributed by atoms with E-state index >= 15 is 0 Å². The summed E-state index contributed by atoms with van der Waals surface area (Å²) in [4.78, 5) is 4.92. The van der Waals surface area contributed by atoms with Gasteiger partial charge in [0.05, 0.1) is 23.8 Å². The van der Waals surface area contributed by atoms with Crippen LogP contribution in [0.2, 0.25) is 0 Å². The summed E-state index contributed by atoms with van der Waals surface area (Å²) < 4.78 is 8.16. The fourth-order valence-corrected chi connectivity index (χ4v) is 5.64. The van der Waals surface area contributed by atoms with E-state index in [1.165, 1.54) is 11.1 Å². The predicted molar refractivity (Wildman–Crippen MR) is 133 cm³/mol. The first-order valence-electron chi connectivity index (χ1n) is 12.4. The van der Waals surface area contributed by atoms with E-state index in [0.29, 0.717) is 36.3 Å². The van der Waals surface area contributed by atoms with Crippen molar-refractivity contribution in [2.24, 2.45) is 13.0 Å². The molecule has 2 atom stereocenters. The molecule has 0 radical (unpaired) electrons. The van der Waals surface area contributed by atoms with Crippen molar-refractivity contribution in [2.75, 3.05) is 32.7 Å². The lowest BCUT2D eigenvalue weighted by Gasteiger charge is -2.36. The zero-order chi connectivity index (χ0) is 23.2. The number of piperazine rings is 1. The Morgan fingerprint density at radius 3 is 2.82 bits per heavy atom. The first-order valence-corrected chi connectivity index (χ1v) is 12.4. The van der Waals surface area contributed by atoms with Crippen LogP contribution in [-0.4, -0.2) is 74.6 Å². The third-order valence-corrected chi connectivity index (χ3v) is 7.66. The van der Waals surface area contributed by atoms with Crippen LogP contribution in [0.5, 0.6) is 0 Å². The van der Waals surface area contributed by atoms with Crippen molar-refractivity contribution in [3.05, 3.63) is 48.0 Å². The second kappa shape index (κ2) is 8.76. The topological polar surface area (TPSA) is 75.2 Å². The van der Waals surface area contributed by atoms with Gasteiger partial charge >= 0.3 is 0 Å². The van der Waals surface area contributed by atoms with Crippen molar-refractivity contribution in [1.82, 2.24) is 35.1 Å². The van der Waals surface area contributed by atoms with Crippen LogP contribution in [0.4, 0.5) is 0 Å². The summed E-state index contributed by atoms with van der Waals surface area (Å²) in [5.41, 5.74) is 4.61. The van der Waals surface area contributed by atoms with Gasteiger partial charge < -0.3 is 9.73 Å². The quantitative estimate of drug-likeness (QED) is 0.628. The first-order chi connectivity index (χ1) is 16.6. The normalized spacial score (nSPS) is 23.7. The largest absolute Gasteiger partial charge is 0.419 e. The number of nitrogens with one attached hydrogen (secondary N) is 1. The molecule has 1 N–H and O–H groups in total. The monoisotopic (exact) mass is 459 g/mol. The molecule has 8 nitrogen and oxygen atoms in total. The standard InChI is InChI=1S/C26H33N7O/c1-17(2)33-11-9-32(10-12-33)16-25-29-30-26(34-25)21-13-18(14-24-22(21)15-28-31(24)3)19-5-4-6-23-20(19)7-8-27-23/h4-6,13-15,17,20,23,27H,7-12,16H2,1-3H3. The Hall–Kier alpha value is -2.81. The molecule has 3 aliphatic rings. The maximum atomic E-state index is 6.23. The molecule has 1 aliphatic carbocycles. The van der Waals surface area contributed by atoms with E-state index in [-0.39, 0.29) is 0 Å². The molecule has 4 heterocycles. The van der Waals surface area contributed by atoms with Crippen LogP contribution < -0.4 is 5.32 Å². The molecule has 2 aromatic heterocycles. The van der Waals surface area contributed by atoms with E-state index in [1.807, 2.05) is 17.9 Å². The van der Waals surface area contributed by atoms with Gasteiger partial charge in [0.15, 0.2) is 0 Å². The summed E-state index contributed by atoms with van der Waals surface area (Å²) in [6, 6.07) is 5.47. The predicted octanol–water partition coefficient (Wildman–Crippen LogP) is 3.08. The van der Waals surface area contributed by atoms with Crippen LogP contribution in [0.15, 0.2) is 41.0 Å². The van der Waals surface area contributed by atoms with Crippen LogP contribution in [-0.2, 0) is 13.6 Å². The van der Waals surface area contributed by atoms with Crippen molar-refractivity contribution in [2.45, 2.75) is 38.9 Å². The van der Waals surface area contributed by atoms with E-state index in [0.717, 1.165) is 55.6 Å². The molecule has 0 bridgehead atoms. The molecule has 2 saturated heterocycles. The fraction of sp³-hybridized carbons (Fsp3) is 0.500. The molecule has 8 heteroatoms. The lowest BCUT2D eigenvalue weighted by Crippen LogP contribution is -2.48. The maximum absolute atomic E-state index is 6.23. The second-order valence-corrected chi connectivity index (χ2v) is 10.0. The summed E-state index contributed by atoms with van der Waals surface area (Å²) in [7, 11) is 1.99. The number of hydrogen-bond acceptors (Lipinski definition) is 7. The first kappa shape index (κ1) is 21.7. The summed E-state index contributed by atoms with van der Waals surface area (Å²) >= 11 is 0. The number of benzene rings is 1. The second-order valence-electron chi connectivity index (χ2n) is 10.0. The van der Waals surface area contributed by atoms with Crippen LogP contribution in [0.1, 0.15) is 31.7 Å². The minimum Gasteiger partial charge on any atom is -0.419 e. The third-order valence-electron chi connectivity index (χ3n) is 7.66. The number of aryl methyl sites for hydroxylation is 1. The van der Waals surface area contributed by atoms with Crippen molar-refractivity contribution in [1.29, 1.82) is 0 Å². The minimum atomic E-state index is 0.414. The number of aromatic nitrogens is 4. The van der Waals surface area contributed by atoms with E-state index in [1.54, 1.807) is 0 Å². The molecule has 3 aromatic rings. The molecule has 0 amide bonds. The zero-order valence-electron chi connectivity index (χ0n) is 20.2. The van der Waals surface area contributed by atoms with Crippen molar-refractivity contribution in [3.63, 3.8) is 0 Å². The number of fused-ring (bicyclic) bond motifs is 2. The Balaban J connectivity index is 1.30. The molecule has 178 valence electrons. The molecule has 0 spiro atoms. The van der Waals surface area contributed by atoms with Crippen LogP contribution in [0, 0.1) is 5.92 Å². The molecule has 2 fully saturated rings. The van der Waals surface area contributed by atoms with E-state index in [4.69, 9.17) is 4.42 Å². The van der Waals surface area contributed by atoms with Gasteiger partial charge in [0.2, 0.25) is 11.8 Å². The highest BCUT2D eigenvalue weighted by Crippen LogP contribution is 2.39. The van der Waals surface area contributed by atoms with Crippen LogP contribution in [0.25, 0.3) is 27.9 Å². The Kier molecular flexibility index (Phi) is 5.59. The molecule has 1 aromatic carbocycles. The zero-order valence-corrected chi connectivity index (χ0v) is 20.2. The molecular weight excluding hydrogens is 426 g/mol. The minimum absolute atomic E-state index is 0.414. The summed E-state index contributed by atoms with van der Waals surface area (Å²) in [6.45, 7) is 10.5. The van der Waals surface area contributed by atoms with Gasteiger partial charge in [0.25, 0.3) is 0 Å². The van der Waals surface area contributed by atoms with Gasteiger partial charge in [-0.2, -0.15) is 5.10 Å². The van der Waals surface area contributed by atoms with E-state index in [9.17, 15) is 0 Å². The molecule has 2 aliphatic heterocycles. The van der Waals surface area contributed by atoms with Gasteiger partial charge in [-0.15, -0.1) is 10.2 Å². The van der Waals surface area contributed by atoms with Crippen molar-refractivity contribution >= 4 is 16.5 Å². The van der Waals surface area contributed by atoms with Gasteiger partial charge in [-0.25, -0.2) is 0 Å².